The van der Waals surface area contributed by atoms with Crippen LogP contribution in [0.3, 0.4) is 0 Å². The highest BCUT2D eigenvalue weighted by molar-refractivity contribution is 7.17. The molecule has 0 unspecified atom stereocenters. The third-order valence-corrected chi connectivity index (χ3v) is 3.83. The molecule has 0 bridgehead atoms. The number of benzene rings is 1. The summed E-state index contributed by atoms with van der Waals surface area (Å²) in [6, 6.07) is 8.09. The molecule has 1 N–H and O–H groups in total. The molecule has 2 rings (SSSR count). The Hall–Kier alpha value is -2.74. The number of aryl methyl sites for hydroxylation is 2. The standard InChI is InChI=1S/C15H14N2O5S/c1-9-5-10(2)7-11(6-9)16-13(18)8-22-15(19)12-3-4-14(23-12)17(20)21/h3-7H,8H2,1-2H3,(H,16,18). The van der Waals surface area contributed by atoms with Crippen LogP contribution >= 0.6 is 11.3 Å². The molecule has 0 spiro atoms. The number of nitro groups is 1. The fourth-order valence-corrected chi connectivity index (χ4v) is 2.70. The fraction of sp³-hybridized carbons (Fsp3) is 0.200. The molecular weight excluding hydrogens is 320 g/mol. The Bertz CT molecular complexity index is 749. The molecule has 0 saturated heterocycles. The van der Waals surface area contributed by atoms with Gasteiger partial charge in [-0.15, -0.1) is 0 Å². The van der Waals surface area contributed by atoms with Gasteiger partial charge in [-0.3, -0.25) is 14.9 Å². The van der Waals surface area contributed by atoms with Crippen molar-refractivity contribution in [1.82, 2.24) is 0 Å². The average Bonchev–Trinajstić information content (AvgIpc) is 2.93. The summed E-state index contributed by atoms with van der Waals surface area (Å²) in [7, 11) is 0. The SMILES string of the molecule is Cc1cc(C)cc(NC(=O)COC(=O)c2ccc([N+](=O)[O-])s2)c1. The normalized spacial score (nSPS) is 10.2. The zero-order chi connectivity index (χ0) is 17.0. The van der Waals surface area contributed by atoms with Crippen LogP contribution in [0.25, 0.3) is 0 Å². The van der Waals surface area contributed by atoms with Gasteiger partial charge in [0.2, 0.25) is 0 Å². The largest absolute Gasteiger partial charge is 0.451 e. The highest BCUT2D eigenvalue weighted by atomic mass is 32.1. The van der Waals surface area contributed by atoms with Gasteiger partial charge in [-0.05, 0) is 43.2 Å². The predicted molar refractivity (Wildman–Crippen MR) is 85.8 cm³/mol. The van der Waals surface area contributed by atoms with E-state index in [-0.39, 0.29) is 9.88 Å². The van der Waals surface area contributed by atoms with E-state index in [1.165, 1.54) is 12.1 Å². The van der Waals surface area contributed by atoms with Gasteiger partial charge in [0.25, 0.3) is 5.91 Å². The number of anilines is 1. The zero-order valence-corrected chi connectivity index (χ0v) is 13.3. The van der Waals surface area contributed by atoms with Crippen LogP contribution in [0.15, 0.2) is 30.3 Å². The molecule has 8 heteroatoms. The maximum absolute atomic E-state index is 11.8. The van der Waals surface area contributed by atoms with Gasteiger partial charge in [0, 0.05) is 11.8 Å². The highest BCUT2D eigenvalue weighted by Gasteiger charge is 2.17. The van der Waals surface area contributed by atoms with Crippen molar-refractivity contribution in [1.29, 1.82) is 0 Å². The van der Waals surface area contributed by atoms with Gasteiger partial charge in [-0.25, -0.2) is 4.79 Å². The van der Waals surface area contributed by atoms with Crippen molar-refractivity contribution in [2.24, 2.45) is 0 Å². The number of amides is 1. The summed E-state index contributed by atoms with van der Waals surface area (Å²) in [6.45, 7) is 3.36. The van der Waals surface area contributed by atoms with E-state index in [0.717, 1.165) is 11.1 Å². The van der Waals surface area contributed by atoms with Crippen molar-refractivity contribution in [2.75, 3.05) is 11.9 Å². The monoisotopic (exact) mass is 334 g/mol. The number of hydrogen-bond acceptors (Lipinski definition) is 6. The van der Waals surface area contributed by atoms with Gasteiger partial charge < -0.3 is 10.1 Å². The van der Waals surface area contributed by atoms with Crippen molar-refractivity contribution < 1.29 is 19.2 Å². The van der Waals surface area contributed by atoms with Crippen LogP contribution in [-0.4, -0.2) is 23.4 Å². The summed E-state index contributed by atoms with van der Waals surface area (Å²) in [5.41, 5.74) is 2.63. The summed E-state index contributed by atoms with van der Waals surface area (Å²) in [5.74, 6) is -1.24. The minimum atomic E-state index is -0.765. The number of nitrogens with zero attached hydrogens (tertiary/aromatic N) is 1. The maximum Gasteiger partial charge on any atom is 0.349 e. The van der Waals surface area contributed by atoms with Gasteiger partial charge in [0.1, 0.15) is 4.88 Å². The summed E-state index contributed by atoms with van der Waals surface area (Å²) < 4.78 is 4.85. The molecule has 0 atom stereocenters. The number of carbonyl (C=O) groups excluding carboxylic acids is 2. The summed E-state index contributed by atoms with van der Waals surface area (Å²) in [5, 5.41) is 13.0. The van der Waals surface area contributed by atoms with Gasteiger partial charge in [0.05, 0.1) is 4.92 Å². The molecule has 0 saturated carbocycles. The van der Waals surface area contributed by atoms with Crippen molar-refractivity contribution in [2.45, 2.75) is 13.8 Å². The first-order chi connectivity index (χ1) is 10.8. The first-order valence-corrected chi connectivity index (χ1v) is 7.46. The molecule has 7 nitrogen and oxygen atoms in total. The third kappa shape index (κ3) is 4.62. The molecule has 23 heavy (non-hydrogen) atoms. The molecule has 0 aliphatic carbocycles. The fourth-order valence-electron chi connectivity index (χ4n) is 1.98. The first kappa shape index (κ1) is 16.6. The van der Waals surface area contributed by atoms with Crippen LogP contribution in [0.5, 0.6) is 0 Å². The second-order valence-electron chi connectivity index (χ2n) is 4.90. The van der Waals surface area contributed by atoms with Gasteiger partial charge >= 0.3 is 11.0 Å². The smallest absolute Gasteiger partial charge is 0.349 e. The molecule has 0 aliphatic heterocycles. The number of ether oxygens (including phenoxy) is 1. The molecule has 0 fully saturated rings. The molecule has 1 heterocycles. The van der Waals surface area contributed by atoms with Crippen LogP contribution in [-0.2, 0) is 9.53 Å². The van der Waals surface area contributed by atoms with Crippen LogP contribution in [0.1, 0.15) is 20.8 Å². The van der Waals surface area contributed by atoms with E-state index in [4.69, 9.17) is 4.74 Å². The predicted octanol–water partition coefficient (Wildman–Crippen LogP) is 3.07. The molecular formula is C15H14N2O5S. The Morgan fingerprint density at radius 1 is 1.22 bits per heavy atom. The van der Waals surface area contributed by atoms with E-state index in [1.54, 1.807) is 12.1 Å². The minimum Gasteiger partial charge on any atom is -0.451 e. The average molecular weight is 334 g/mol. The topological polar surface area (TPSA) is 98.5 Å². The van der Waals surface area contributed by atoms with E-state index in [9.17, 15) is 19.7 Å². The maximum atomic E-state index is 11.8. The number of rotatable bonds is 5. The second kappa shape index (κ2) is 7.01. The summed E-state index contributed by atoms with van der Waals surface area (Å²) in [4.78, 5) is 33.6. The molecule has 120 valence electrons. The Morgan fingerprint density at radius 2 is 1.87 bits per heavy atom. The number of hydrogen-bond donors (Lipinski definition) is 1. The van der Waals surface area contributed by atoms with E-state index in [2.05, 4.69) is 5.32 Å². The lowest BCUT2D eigenvalue weighted by Gasteiger charge is -2.07. The van der Waals surface area contributed by atoms with E-state index >= 15 is 0 Å². The van der Waals surface area contributed by atoms with Crippen molar-refractivity contribution >= 4 is 33.9 Å². The van der Waals surface area contributed by atoms with Crippen LogP contribution < -0.4 is 5.32 Å². The van der Waals surface area contributed by atoms with E-state index in [0.29, 0.717) is 17.0 Å². The van der Waals surface area contributed by atoms with Gasteiger partial charge in [-0.2, -0.15) is 0 Å². The molecule has 1 aromatic heterocycles. The van der Waals surface area contributed by atoms with Crippen molar-refractivity contribution in [3.63, 3.8) is 0 Å². The Kier molecular flexibility index (Phi) is 5.07. The van der Waals surface area contributed by atoms with Crippen LogP contribution in [0, 0.1) is 24.0 Å². The number of esters is 1. The van der Waals surface area contributed by atoms with Crippen LogP contribution in [0.2, 0.25) is 0 Å². The summed E-state index contributed by atoms with van der Waals surface area (Å²) >= 11 is 0.703. The minimum absolute atomic E-state index is 0.0795. The molecule has 1 amide bonds. The molecule has 0 aliphatic rings. The lowest BCUT2D eigenvalue weighted by atomic mass is 10.1. The summed E-state index contributed by atoms with van der Waals surface area (Å²) in [6.07, 6.45) is 0. The first-order valence-electron chi connectivity index (χ1n) is 6.64. The number of carbonyl (C=O) groups is 2. The second-order valence-corrected chi connectivity index (χ2v) is 5.96. The Balaban J connectivity index is 1.90. The number of thiophene rings is 1. The lowest BCUT2D eigenvalue weighted by Crippen LogP contribution is -2.20. The quantitative estimate of drug-likeness (QED) is 0.515. The Labute approximate surface area is 136 Å². The highest BCUT2D eigenvalue weighted by Crippen LogP contribution is 2.24. The van der Waals surface area contributed by atoms with E-state index in [1.807, 2.05) is 19.9 Å². The molecule has 1 aromatic carbocycles. The van der Waals surface area contributed by atoms with Crippen molar-refractivity contribution in [3.8, 4) is 0 Å². The Morgan fingerprint density at radius 3 is 2.43 bits per heavy atom. The van der Waals surface area contributed by atoms with Gasteiger partial charge in [0.15, 0.2) is 6.61 Å². The molecule has 2 aromatic rings. The van der Waals surface area contributed by atoms with E-state index < -0.39 is 23.4 Å². The van der Waals surface area contributed by atoms with Crippen LogP contribution in [0.4, 0.5) is 10.7 Å². The van der Waals surface area contributed by atoms with Gasteiger partial charge in [-0.1, -0.05) is 17.4 Å². The number of nitrogens with one attached hydrogen (secondary N) is 1. The van der Waals surface area contributed by atoms with Crippen molar-refractivity contribution in [3.05, 3.63) is 56.5 Å². The molecule has 0 radical (unpaired) electrons. The third-order valence-electron chi connectivity index (χ3n) is 2.81. The zero-order valence-electron chi connectivity index (χ0n) is 12.5. The lowest BCUT2D eigenvalue weighted by molar-refractivity contribution is -0.380.